The van der Waals surface area contributed by atoms with Crippen LogP contribution >= 0.6 is 18.9 Å². The predicted octanol–water partition coefficient (Wildman–Crippen LogP) is 3.87. The molecule has 12 heteroatoms. The number of thiophene rings is 1. The van der Waals surface area contributed by atoms with Crippen molar-refractivity contribution in [2.45, 2.75) is 81.4 Å². The summed E-state index contributed by atoms with van der Waals surface area (Å²) in [5, 5.41) is 15.1. The Morgan fingerprint density at radius 2 is 1.95 bits per heavy atom. The molecular formula is C30H37N4O6PS. The lowest BCUT2D eigenvalue weighted by atomic mass is 9.98. The monoisotopic (exact) mass is 612 g/mol. The van der Waals surface area contributed by atoms with E-state index in [0.717, 1.165) is 47.8 Å². The summed E-state index contributed by atoms with van der Waals surface area (Å²) >= 11 is 1.37. The highest BCUT2D eigenvalue weighted by Gasteiger charge is 2.46. The number of carbonyl (C=O) groups is 2. The molecule has 0 bridgehead atoms. The first-order chi connectivity index (χ1) is 20.2. The SMILES string of the molecule is O=C([C@@H]1CC[C@@H]2CCCC[C@H](NC(O)c3cc4cc(CP(=O)(O)O)ccc4s3)C(=O)N21)N1CCC(c2cccnc2)C1. The van der Waals surface area contributed by atoms with E-state index in [1.807, 2.05) is 22.1 Å². The highest BCUT2D eigenvalue weighted by Crippen LogP contribution is 2.41. The number of hydrogen-bond donors (Lipinski definition) is 4. The molecule has 0 aliphatic carbocycles. The zero-order chi connectivity index (χ0) is 29.4. The molecule has 3 saturated heterocycles. The molecule has 3 aliphatic rings. The number of hydrogen-bond acceptors (Lipinski definition) is 7. The Labute approximate surface area is 248 Å². The van der Waals surface area contributed by atoms with Gasteiger partial charge in [0.2, 0.25) is 11.8 Å². The average Bonchev–Trinajstić information content (AvgIpc) is 3.71. The van der Waals surface area contributed by atoms with Crippen molar-refractivity contribution in [3.8, 4) is 0 Å². The van der Waals surface area contributed by atoms with Crippen molar-refractivity contribution in [2.75, 3.05) is 13.1 Å². The fraction of sp³-hybridized carbons (Fsp3) is 0.500. The minimum absolute atomic E-state index is 0.0210. The number of amides is 2. The first-order valence-electron chi connectivity index (χ1n) is 14.7. The highest BCUT2D eigenvalue weighted by molar-refractivity contribution is 7.50. The number of rotatable bonds is 7. The summed E-state index contributed by atoms with van der Waals surface area (Å²) in [6.07, 6.45) is 7.81. The molecule has 5 heterocycles. The van der Waals surface area contributed by atoms with E-state index in [2.05, 4.69) is 16.4 Å². The number of aliphatic hydroxyl groups is 1. The minimum atomic E-state index is -4.19. The smallest absolute Gasteiger partial charge is 0.329 e. The molecule has 10 nitrogen and oxygen atoms in total. The lowest BCUT2D eigenvalue weighted by Crippen LogP contribution is -2.56. The second-order valence-corrected chi connectivity index (χ2v) is 14.6. The van der Waals surface area contributed by atoms with E-state index < -0.39 is 25.9 Å². The topological polar surface area (TPSA) is 143 Å². The lowest BCUT2D eigenvalue weighted by molar-refractivity contribution is -0.147. The molecule has 224 valence electrons. The van der Waals surface area contributed by atoms with Crippen LogP contribution in [0.25, 0.3) is 10.1 Å². The Bertz CT molecular complexity index is 1500. The van der Waals surface area contributed by atoms with E-state index in [4.69, 9.17) is 0 Å². The van der Waals surface area contributed by atoms with E-state index in [9.17, 15) is 29.0 Å². The maximum Gasteiger partial charge on any atom is 0.329 e. The third kappa shape index (κ3) is 6.32. The number of benzene rings is 1. The number of pyridine rings is 1. The second kappa shape index (κ2) is 12.1. The Balaban J connectivity index is 1.15. The zero-order valence-electron chi connectivity index (χ0n) is 23.3. The third-order valence-corrected chi connectivity index (χ3v) is 10.8. The van der Waals surface area contributed by atoms with Crippen LogP contribution in [-0.2, 0) is 20.3 Å². The Hall–Kier alpha value is -2.66. The van der Waals surface area contributed by atoms with Crippen molar-refractivity contribution >= 4 is 40.8 Å². The van der Waals surface area contributed by atoms with Gasteiger partial charge in [-0.05, 0) is 72.9 Å². The van der Waals surface area contributed by atoms with E-state index in [-0.39, 0.29) is 29.9 Å². The molecule has 2 amide bonds. The van der Waals surface area contributed by atoms with Crippen LogP contribution in [-0.4, -0.2) is 72.7 Å². The van der Waals surface area contributed by atoms with E-state index >= 15 is 0 Å². The second-order valence-electron chi connectivity index (χ2n) is 11.8. The van der Waals surface area contributed by atoms with Crippen molar-refractivity contribution in [3.05, 3.63) is 64.8 Å². The summed E-state index contributed by atoms with van der Waals surface area (Å²) in [7, 11) is -4.19. The molecule has 1 aromatic carbocycles. The molecule has 4 N–H and O–H groups in total. The average molecular weight is 613 g/mol. The largest absolute Gasteiger partial charge is 0.373 e. The van der Waals surface area contributed by atoms with Gasteiger partial charge in [0.15, 0.2) is 0 Å². The van der Waals surface area contributed by atoms with Crippen LogP contribution in [0.15, 0.2) is 48.8 Å². The Morgan fingerprint density at radius 3 is 2.74 bits per heavy atom. The molecule has 3 aromatic rings. The van der Waals surface area contributed by atoms with Crippen LogP contribution in [0.5, 0.6) is 0 Å². The lowest BCUT2D eigenvalue weighted by Gasteiger charge is -2.37. The number of aromatic nitrogens is 1. The molecule has 2 aromatic heterocycles. The summed E-state index contributed by atoms with van der Waals surface area (Å²) in [6, 6.07) is 9.91. The summed E-state index contributed by atoms with van der Waals surface area (Å²) in [6.45, 7) is 1.31. The van der Waals surface area contributed by atoms with Gasteiger partial charge in [0.05, 0.1) is 12.2 Å². The normalized spacial score (nSPS) is 25.8. The minimum Gasteiger partial charge on any atom is -0.373 e. The van der Waals surface area contributed by atoms with Crippen LogP contribution < -0.4 is 5.32 Å². The molecule has 3 aliphatic heterocycles. The number of nitrogens with zero attached hydrogens (tertiary/aromatic N) is 3. The molecule has 5 atom stereocenters. The Morgan fingerprint density at radius 1 is 1.12 bits per heavy atom. The first kappa shape index (κ1) is 29.4. The zero-order valence-corrected chi connectivity index (χ0v) is 25.1. The van der Waals surface area contributed by atoms with Gasteiger partial charge in [-0.1, -0.05) is 25.0 Å². The van der Waals surface area contributed by atoms with Gasteiger partial charge >= 0.3 is 7.60 Å². The molecule has 2 unspecified atom stereocenters. The molecular weight excluding hydrogens is 575 g/mol. The van der Waals surface area contributed by atoms with Crippen LogP contribution in [0.1, 0.15) is 73.1 Å². The van der Waals surface area contributed by atoms with Gasteiger partial charge in [-0.3, -0.25) is 24.5 Å². The Kier molecular flexibility index (Phi) is 8.51. The molecule has 0 saturated carbocycles. The summed E-state index contributed by atoms with van der Waals surface area (Å²) in [4.78, 5) is 55.0. The van der Waals surface area contributed by atoms with Crippen molar-refractivity contribution in [3.63, 3.8) is 0 Å². The van der Waals surface area contributed by atoms with Gasteiger partial charge < -0.3 is 24.7 Å². The van der Waals surface area contributed by atoms with Gasteiger partial charge in [0, 0.05) is 47.0 Å². The molecule has 0 spiro atoms. The van der Waals surface area contributed by atoms with Gasteiger partial charge in [-0.25, -0.2) is 0 Å². The van der Waals surface area contributed by atoms with E-state index in [0.29, 0.717) is 36.4 Å². The van der Waals surface area contributed by atoms with Gasteiger partial charge in [0.1, 0.15) is 12.3 Å². The van der Waals surface area contributed by atoms with Crippen LogP contribution in [0.2, 0.25) is 0 Å². The standard InChI is InChI=1S/C30H37N4O6PS/c35-28(27-15-22-14-19(18-41(38,39)40)7-10-26(22)42-27)32-24-6-2-1-5-23-8-9-25(34(23)29(24)36)30(37)33-13-11-21(17-33)20-4-3-12-31-16-20/h3-4,7,10,12,14-16,21,23-25,28,32,35H,1-2,5-6,8-9,11,13,17-18H2,(H2,38,39,40)/t21?,23-,24-,25-,28?/m0/s1. The number of nitrogens with one attached hydrogen (secondary N) is 1. The van der Waals surface area contributed by atoms with Crippen LogP contribution in [0.3, 0.4) is 0 Å². The molecule has 3 fully saturated rings. The third-order valence-electron chi connectivity index (χ3n) is 8.89. The van der Waals surface area contributed by atoms with E-state index in [1.54, 1.807) is 30.5 Å². The van der Waals surface area contributed by atoms with Crippen LogP contribution in [0, 0.1) is 0 Å². The number of aliphatic hydroxyl groups excluding tert-OH is 1. The van der Waals surface area contributed by atoms with Crippen molar-refractivity contribution in [1.82, 2.24) is 20.1 Å². The van der Waals surface area contributed by atoms with Gasteiger partial charge in [0.25, 0.3) is 0 Å². The van der Waals surface area contributed by atoms with Crippen molar-refractivity contribution < 1.29 is 29.0 Å². The van der Waals surface area contributed by atoms with Crippen molar-refractivity contribution in [1.29, 1.82) is 0 Å². The fourth-order valence-electron chi connectivity index (χ4n) is 6.85. The first-order valence-corrected chi connectivity index (χ1v) is 17.3. The summed E-state index contributed by atoms with van der Waals surface area (Å²) in [5.41, 5.74) is 1.66. The summed E-state index contributed by atoms with van der Waals surface area (Å²) in [5.74, 6) is 0.150. The number of carbonyl (C=O) groups excluding carboxylic acids is 2. The van der Waals surface area contributed by atoms with Crippen LogP contribution in [0.4, 0.5) is 0 Å². The molecule has 0 radical (unpaired) electrons. The quantitative estimate of drug-likeness (QED) is 0.233. The van der Waals surface area contributed by atoms with Crippen molar-refractivity contribution in [2.24, 2.45) is 0 Å². The highest BCUT2D eigenvalue weighted by atomic mass is 32.1. The number of fused-ring (bicyclic) bond motifs is 2. The fourth-order valence-corrected chi connectivity index (χ4v) is 8.51. The van der Waals surface area contributed by atoms with Gasteiger partial charge in [-0.2, -0.15) is 0 Å². The predicted molar refractivity (Wildman–Crippen MR) is 160 cm³/mol. The van der Waals surface area contributed by atoms with Gasteiger partial charge in [-0.15, -0.1) is 11.3 Å². The number of likely N-dealkylation sites (tertiary alicyclic amines) is 1. The maximum atomic E-state index is 14.0. The molecule has 6 rings (SSSR count). The maximum absolute atomic E-state index is 14.0. The molecule has 42 heavy (non-hydrogen) atoms. The van der Waals surface area contributed by atoms with E-state index in [1.165, 1.54) is 11.3 Å². The summed E-state index contributed by atoms with van der Waals surface area (Å²) < 4.78 is 12.3.